The van der Waals surface area contributed by atoms with Crippen molar-refractivity contribution in [2.24, 2.45) is 5.73 Å². The number of rotatable bonds is 6. The second kappa shape index (κ2) is 6.12. The monoisotopic (exact) mass is 223 g/mol. The van der Waals surface area contributed by atoms with Crippen molar-refractivity contribution in [2.75, 3.05) is 6.61 Å². The van der Waals surface area contributed by atoms with Gasteiger partial charge in [0.05, 0.1) is 13.0 Å². The van der Waals surface area contributed by atoms with Gasteiger partial charge in [0.25, 0.3) is 0 Å². The average molecular weight is 223 g/mol. The lowest BCUT2D eigenvalue weighted by Gasteiger charge is -2.11. The largest absolute Gasteiger partial charge is 0.494 e. The van der Waals surface area contributed by atoms with E-state index in [-0.39, 0.29) is 6.42 Å². The average Bonchev–Trinajstić information content (AvgIpc) is 2.26. The predicted molar refractivity (Wildman–Crippen MR) is 61.4 cm³/mol. The highest BCUT2D eigenvalue weighted by Crippen LogP contribution is 2.20. The van der Waals surface area contributed by atoms with Gasteiger partial charge in [-0.05, 0) is 24.1 Å². The number of hydrogen-bond acceptors (Lipinski definition) is 3. The van der Waals surface area contributed by atoms with Crippen LogP contribution in [0.2, 0.25) is 0 Å². The number of benzene rings is 1. The predicted octanol–water partition coefficient (Wildman–Crippen LogP) is 1.95. The van der Waals surface area contributed by atoms with E-state index in [9.17, 15) is 4.79 Å². The normalized spacial score (nSPS) is 12.1. The van der Waals surface area contributed by atoms with Gasteiger partial charge in [-0.2, -0.15) is 0 Å². The Morgan fingerprint density at radius 2 is 2.31 bits per heavy atom. The molecule has 0 bridgehead atoms. The Morgan fingerprint density at radius 3 is 2.94 bits per heavy atom. The van der Waals surface area contributed by atoms with Gasteiger partial charge in [0.15, 0.2) is 0 Å². The van der Waals surface area contributed by atoms with Crippen LogP contribution in [0.4, 0.5) is 0 Å². The summed E-state index contributed by atoms with van der Waals surface area (Å²) in [5.41, 5.74) is 6.55. The van der Waals surface area contributed by atoms with Crippen molar-refractivity contribution < 1.29 is 14.6 Å². The van der Waals surface area contributed by atoms with Crippen LogP contribution >= 0.6 is 0 Å². The molecular formula is C12H17NO3. The summed E-state index contributed by atoms with van der Waals surface area (Å²) < 4.78 is 5.45. The second-order valence-electron chi connectivity index (χ2n) is 3.63. The number of hydrogen-bond donors (Lipinski definition) is 2. The van der Waals surface area contributed by atoms with Gasteiger partial charge in [0.2, 0.25) is 0 Å². The molecule has 1 aromatic rings. The summed E-state index contributed by atoms with van der Waals surface area (Å²) in [6, 6.07) is 6.78. The van der Waals surface area contributed by atoms with Crippen molar-refractivity contribution in [3.63, 3.8) is 0 Å². The van der Waals surface area contributed by atoms with Gasteiger partial charge in [-0.25, -0.2) is 0 Å². The number of nitrogens with two attached hydrogens (primary N) is 1. The molecule has 0 heterocycles. The SMILES string of the molecule is CCCOc1cccc(C(N)CC(=O)O)c1. The van der Waals surface area contributed by atoms with Crippen LogP contribution in [0.1, 0.15) is 31.4 Å². The molecule has 16 heavy (non-hydrogen) atoms. The Hall–Kier alpha value is -1.55. The van der Waals surface area contributed by atoms with E-state index in [1.54, 1.807) is 6.07 Å². The first kappa shape index (κ1) is 12.5. The van der Waals surface area contributed by atoms with Crippen molar-refractivity contribution in [3.05, 3.63) is 29.8 Å². The van der Waals surface area contributed by atoms with E-state index < -0.39 is 12.0 Å². The molecule has 1 rings (SSSR count). The van der Waals surface area contributed by atoms with Crippen LogP contribution in [-0.4, -0.2) is 17.7 Å². The molecule has 0 saturated heterocycles. The fourth-order valence-corrected chi connectivity index (χ4v) is 1.36. The number of aliphatic carboxylic acids is 1. The zero-order valence-corrected chi connectivity index (χ0v) is 9.35. The minimum absolute atomic E-state index is 0.0722. The maximum atomic E-state index is 10.5. The number of carbonyl (C=O) groups is 1. The van der Waals surface area contributed by atoms with Gasteiger partial charge in [-0.3, -0.25) is 4.79 Å². The van der Waals surface area contributed by atoms with E-state index in [4.69, 9.17) is 15.6 Å². The van der Waals surface area contributed by atoms with Gasteiger partial charge in [-0.1, -0.05) is 19.1 Å². The topological polar surface area (TPSA) is 72.5 Å². The fourth-order valence-electron chi connectivity index (χ4n) is 1.36. The third kappa shape index (κ3) is 3.90. The van der Waals surface area contributed by atoms with Gasteiger partial charge in [0.1, 0.15) is 5.75 Å². The van der Waals surface area contributed by atoms with Gasteiger partial charge in [0, 0.05) is 6.04 Å². The molecule has 0 aliphatic rings. The molecule has 0 aliphatic carbocycles. The van der Waals surface area contributed by atoms with Crippen molar-refractivity contribution in [3.8, 4) is 5.75 Å². The lowest BCUT2D eigenvalue weighted by atomic mass is 10.0. The van der Waals surface area contributed by atoms with Crippen LogP contribution in [0, 0.1) is 0 Å². The fraction of sp³-hybridized carbons (Fsp3) is 0.417. The number of carboxylic acids is 1. The molecule has 1 aromatic carbocycles. The van der Waals surface area contributed by atoms with Crippen molar-refractivity contribution in [1.29, 1.82) is 0 Å². The summed E-state index contributed by atoms with van der Waals surface area (Å²) in [7, 11) is 0. The molecule has 1 unspecified atom stereocenters. The first-order valence-electron chi connectivity index (χ1n) is 5.33. The summed E-state index contributed by atoms with van der Waals surface area (Å²) in [5, 5.41) is 8.64. The Labute approximate surface area is 95.0 Å². The van der Waals surface area contributed by atoms with Crippen LogP contribution in [0.25, 0.3) is 0 Å². The van der Waals surface area contributed by atoms with E-state index >= 15 is 0 Å². The zero-order valence-electron chi connectivity index (χ0n) is 9.35. The Balaban J connectivity index is 2.69. The molecule has 4 heteroatoms. The lowest BCUT2D eigenvalue weighted by molar-refractivity contribution is -0.137. The number of carboxylic acid groups (broad SMARTS) is 1. The third-order valence-electron chi connectivity index (χ3n) is 2.15. The van der Waals surface area contributed by atoms with Crippen LogP contribution in [0.5, 0.6) is 5.75 Å². The van der Waals surface area contributed by atoms with Gasteiger partial charge >= 0.3 is 5.97 Å². The van der Waals surface area contributed by atoms with E-state index in [1.807, 2.05) is 25.1 Å². The molecule has 1 atom stereocenters. The highest BCUT2D eigenvalue weighted by atomic mass is 16.5. The zero-order chi connectivity index (χ0) is 12.0. The molecule has 0 fully saturated rings. The highest BCUT2D eigenvalue weighted by molar-refractivity contribution is 5.67. The Morgan fingerprint density at radius 1 is 1.56 bits per heavy atom. The first-order valence-corrected chi connectivity index (χ1v) is 5.33. The molecule has 0 aromatic heterocycles. The number of ether oxygens (including phenoxy) is 1. The maximum Gasteiger partial charge on any atom is 0.305 e. The molecule has 88 valence electrons. The first-order chi connectivity index (χ1) is 7.63. The molecule has 0 saturated carbocycles. The van der Waals surface area contributed by atoms with Crippen molar-refractivity contribution in [1.82, 2.24) is 0 Å². The summed E-state index contributed by atoms with van der Waals surface area (Å²) in [6.45, 7) is 2.68. The van der Waals surface area contributed by atoms with Crippen LogP contribution in [-0.2, 0) is 4.79 Å². The quantitative estimate of drug-likeness (QED) is 0.773. The van der Waals surface area contributed by atoms with E-state index in [0.29, 0.717) is 6.61 Å². The lowest BCUT2D eigenvalue weighted by Crippen LogP contribution is -2.15. The van der Waals surface area contributed by atoms with Gasteiger partial charge in [-0.15, -0.1) is 0 Å². The molecule has 3 N–H and O–H groups in total. The molecule has 4 nitrogen and oxygen atoms in total. The molecule has 0 amide bonds. The molecule has 0 aliphatic heterocycles. The van der Waals surface area contributed by atoms with Crippen molar-refractivity contribution >= 4 is 5.97 Å². The maximum absolute atomic E-state index is 10.5. The molecule has 0 radical (unpaired) electrons. The molecular weight excluding hydrogens is 206 g/mol. The summed E-state index contributed by atoms with van der Waals surface area (Å²) in [5.74, 6) is -0.160. The molecule has 0 spiro atoms. The van der Waals surface area contributed by atoms with Crippen LogP contribution < -0.4 is 10.5 Å². The smallest absolute Gasteiger partial charge is 0.305 e. The summed E-state index contributed by atoms with van der Waals surface area (Å²) in [4.78, 5) is 10.5. The van der Waals surface area contributed by atoms with E-state index in [2.05, 4.69) is 0 Å². The standard InChI is InChI=1S/C12H17NO3/c1-2-6-16-10-5-3-4-9(7-10)11(13)8-12(14)15/h3-5,7,11H,2,6,8,13H2,1H3,(H,14,15). The summed E-state index contributed by atoms with van der Waals surface area (Å²) >= 11 is 0. The van der Waals surface area contributed by atoms with Crippen molar-refractivity contribution in [2.45, 2.75) is 25.8 Å². The minimum atomic E-state index is -0.896. The highest BCUT2D eigenvalue weighted by Gasteiger charge is 2.10. The van der Waals surface area contributed by atoms with E-state index in [1.165, 1.54) is 0 Å². The second-order valence-corrected chi connectivity index (χ2v) is 3.63. The van der Waals surface area contributed by atoms with Gasteiger partial charge < -0.3 is 15.6 Å². The Kier molecular flexibility index (Phi) is 4.79. The Bertz CT molecular complexity index is 352. The summed E-state index contributed by atoms with van der Waals surface area (Å²) in [6.07, 6.45) is 0.864. The third-order valence-corrected chi connectivity index (χ3v) is 2.15. The van der Waals surface area contributed by atoms with E-state index in [0.717, 1.165) is 17.7 Å². The van der Waals surface area contributed by atoms with Crippen LogP contribution in [0.15, 0.2) is 24.3 Å². The van der Waals surface area contributed by atoms with Crippen LogP contribution in [0.3, 0.4) is 0 Å². The minimum Gasteiger partial charge on any atom is -0.494 e.